The molecule has 5 nitrogen and oxygen atoms in total. The third kappa shape index (κ3) is 1.06. The Hall–Kier alpha value is -2.17. The molecule has 0 bridgehead atoms. The maximum absolute atomic E-state index is 10.6. The number of benzene rings is 1. The summed E-state index contributed by atoms with van der Waals surface area (Å²) in [6, 6.07) is 4.62. The van der Waals surface area contributed by atoms with Gasteiger partial charge in [0.05, 0.1) is 4.92 Å². The van der Waals surface area contributed by atoms with Crippen LogP contribution in [0.3, 0.4) is 0 Å². The molecule has 0 saturated heterocycles. The summed E-state index contributed by atoms with van der Waals surface area (Å²) in [5.41, 5.74) is 0.805. The van der Waals surface area contributed by atoms with Gasteiger partial charge in [-0.3, -0.25) is 14.9 Å². The lowest BCUT2D eigenvalue weighted by Crippen LogP contribution is -1.88. The monoisotopic (exact) mass is 190 g/mol. The van der Waals surface area contributed by atoms with Crippen LogP contribution >= 0.6 is 0 Å². The van der Waals surface area contributed by atoms with Gasteiger partial charge in [-0.2, -0.15) is 0 Å². The zero-order chi connectivity index (χ0) is 10.1. The van der Waals surface area contributed by atoms with Crippen molar-refractivity contribution in [3.8, 4) is 0 Å². The van der Waals surface area contributed by atoms with Crippen molar-refractivity contribution in [2.45, 2.75) is 0 Å². The van der Waals surface area contributed by atoms with Crippen molar-refractivity contribution in [1.82, 2.24) is 4.98 Å². The quantitative estimate of drug-likeness (QED) is 0.446. The minimum atomic E-state index is -0.479. The van der Waals surface area contributed by atoms with E-state index < -0.39 is 4.92 Å². The van der Waals surface area contributed by atoms with Crippen LogP contribution in [0.1, 0.15) is 10.4 Å². The number of fused-ring (bicyclic) bond motifs is 1. The SMILES string of the molecule is O=Cc1c[nH]c2c([N+](=O)[O-])cccc12. The van der Waals surface area contributed by atoms with Crippen LogP contribution in [0, 0.1) is 10.1 Å². The standard InChI is InChI=1S/C9H6N2O3/c12-5-6-4-10-9-7(6)2-1-3-8(9)11(13)14/h1-5,10H. The van der Waals surface area contributed by atoms with E-state index in [9.17, 15) is 14.9 Å². The second-order valence-corrected chi connectivity index (χ2v) is 2.82. The molecular weight excluding hydrogens is 184 g/mol. The van der Waals surface area contributed by atoms with Gasteiger partial charge in [-0.05, 0) is 0 Å². The number of para-hydroxylation sites is 1. The molecule has 0 aliphatic rings. The summed E-state index contributed by atoms with van der Waals surface area (Å²) < 4.78 is 0. The molecule has 2 aromatic rings. The molecule has 0 amide bonds. The van der Waals surface area contributed by atoms with Crippen molar-refractivity contribution in [3.05, 3.63) is 40.1 Å². The molecule has 0 spiro atoms. The molecule has 0 aliphatic carbocycles. The molecule has 70 valence electrons. The molecule has 0 radical (unpaired) electrons. The normalized spacial score (nSPS) is 10.3. The average molecular weight is 190 g/mol. The van der Waals surface area contributed by atoms with E-state index in [-0.39, 0.29) is 5.69 Å². The summed E-state index contributed by atoms with van der Waals surface area (Å²) in [7, 11) is 0. The molecule has 0 unspecified atom stereocenters. The number of aromatic amines is 1. The van der Waals surface area contributed by atoms with Gasteiger partial charge in [0, 0.05) is 23.2 Å². The van der Waals surface area contributed by atoms with Crippen LogP contribution in [-0.4, -0.2) is 16.2 Å². The first-order valence-electron chi connectivity index (χ1n) is 3.93. The van der Waals surface area contributed by atoms with E-state index >= 15 is 0 Å². The summed E-state index contributed by atoms with van der Waals surface area (Å²) >= 11 is 0. The smallest absolute Gasteiger partial charge is 0.293 e. The summed E-state index contributed by atoms with van der Waals surface area (Å²) in [4.78, 5) is 23.4. The van der Waals surface area contributed by atoms with E-state index in [1.165, 1.54) is 12.3 Å². The number of aromatic nitrogens is 1. The van der Waals surface area contributed by atoms with Crippen LogP contribution in [0.5, 0.6) is 0 Å². The van der Waals surface area contributed by atoms with Gasteiger partial charge < -0.3 is 4.98 Å². The van der Waals surface area contributed by atoms with Gasteiger partial charge in [-0.15, -0.1) is 0 Å². The number of nitro groups is 1. The van der Waals surface area contributed by atoms with Gasteiger partial charge in [0.25, 0.3) is 5.69 Å². The van der Waals surface area contributed by atoms with Gasteiger partial charge in [0.15, 0.2) is 6.29 Å². The van der Waals surface area contributed by atoms with E-state index in [0.717, 1.165) is 0 Å². The Kier molecular flexibility index (Phi) is 1.78. The number of carbonyl (C=O) groups is 1. The molecule has 2 rings (SSSR count). The van der Waals surface area contributed by atoms with E-state index in [0.29, 0.717) is 22.8 Å². The maximum Gasteiger partial charge on any atom is 0.293 e. The lowest BCUT2D eigenvalue weighted by Gasteiger charge is -1.92. The fourth-order valence-electron chi connectivity index (χ4n) is 1.41. The van der Waals surface area contributed by atoms with Gasteiger partial charge in [0.1, 0.15) is 5.52 Å². The highest BCUT2D eigenvalue weighted by molar-refractivity contribution is 6.00. The van der Waals surface area contributed by atoms with E-state index in [1.54, 1.807) is 12.1 Å². The molecule has 0 saturated carbocycles. The number of rotatable bonds is 2. The third-order valence-corrected chi connectivity index (χ3v) is 2.05. The Morgan fingerprint density at radius 2 is 2.21 bits per heavy atom. The largest absolute Gasteiger partial charge is 0.355 e. The first-order chi connectivity index (χ1) is 6.74. The van der Waals surface area contributed by atoms with E-state index in [1.807, 2.05) is 0 Å². The molecule has 1 aromatic carbocycles. The molecule has 5 heteroatoms. The van der Waals surface area contributed by atoms with Gasteiger partial charge in [-0.25, -0.2) is 0 Å². The second-order valence-electron chi connectivity index (χ2n) is 2.82. The zero-order valence-corrected chi connectivity index (χ0v) is 7.06. The topological polar surface area (TPSA) is 76.0 Å². The minimum absolute atomic E-state index is 0.0180. The Morgan fingerprint density at radius 1 is 1.43 bits per heavy atom. The van der Waals surface area contributed by atoms with Crippen molar-refractivity contribution in [1.29, 1.82) is 0 Å². The molecule has 1 aromatic heterocycles. The van der Waals surface area contributed by atoms with Crippen molar-refractivity contribution >= 4 is 22.9 Å². The fourth-order valence-corrected chi connectivity index (χ4v) is 1.41. The van der Waals surface area contributed by atoms with Crippen molar-refractivity contribution in [2.75, 3.05) is 0 Å². The molecule has 0 atom stereocenters. The van der Waals surface area contributed by atoms with Crippen molar-refractivity contribution in [3.63, 3.8) is 0 Å². The highest BCUT2D eigenvalue weighted by atomic mass is 16.6. The number of hydrogen-bond acceptors (Lipinski definition) is 3. The summed E-state index contributed by atoms with van der Waals surface area (Å²) in [5, 5.41) is 11.2. The second kappa shape index (κ2) is 2.95. The highest BCUT2D eigenvalue weighted by Gasteiger charge is 2.14. The molecule has 0 fully saturated rings. The highest BCUT2D eigenvalue weighted by Crippen LogP contribution is 2.25. The molecule has 0 aliphatic heterocycles. The van der Waals surface area contributed by atoms with Crippen LogP contribution in [0.15, 0.2) is 24.4 Å². The summed E-state index contributed by atoms with van der Waals surface area (Å²) in [6.07, 6.45) is 2.13. The van der Waals surface area contributed by atoms with Gasteiger partial charge in [0.2, 0.25) is 0 Å². The third-order valence-electron chi connectivity index (χ3n) is 2.05. The Morgan fingerprint density at radius 3 is 2.86 bits per heavy atom. The first-order valence-corrected chi connectivity index (χ1v) is 3.93. The predicted molar refractivity (Wildman–Crippen MR) is 50.3 cm³/mol. The Labute approximate surface area is 78.5 Å². The number of aldehydes is 1. The number of nitrogens with one attached hydrogen (secondary N) is 1. The fraction of sp³-hybridized carbons (Fsp3) is 0. The van der Waals surface area contributed by atoms with Crippen LogP contribution in [0.2, 0.25) is 0 Å². The number of hydrogen-bond donors (Lipinski definition) is 1. The van der Waals surface area contributed by atoms with Crippen LogP contribution in [-0.2, 0) is 0 Å². The molecule has 14 heavy (non-hydrogen) atoms. The summed E-state index contributed by atoms with van der Waals surface area (Å²) in [6.45, 7) is 0. The van der Waals surface area contributed by atoms with E-state index in [4.69, 9.17) is 0 Å². The molecule has 1 heterocycles. The van der Waals surface area contributed by atoms with Crippen molar-refractivity contribution in [2.24, 2.45) is 0 Å². The first kappa shape index (κ1) is 8.43. The van der Waals surface area contributed by atoms with Gasteiger partial charge in [-0.1, -0.05) is 12.1 Å². The average Bonchev–Trinajstić information content (AvgIpc) is 2.59. The summed E-state index contributed by atoms with van der Waals surface area (Å²) in [5.74, 6) is 0. The van der Waals surface area contributed by atoms with Crippen LogP contribution < -0.4 is 0 Å². The zero-order valence-electron chi connectivity index (χ0n) is 7.06. The number of non-ortho nitro benzene ring substituents is 1. The number of nitro benzene ring substituents is 1. The van der Waals surface area contributed by atoms with E-state index in [2.05, 4.69) is 4.98 Å². The molecular formula is C9H6N2O3. The minimum Gasteiger partial charge on any atom is -0.355 e. The predicted octanol–water partition coefficient (Wildman–Crippen LogP) is 1.89. The Bertz CT molecular complexity index is 516. The van der Waals surface area contributed by atoms with Crippen molar-refractivity contribution < 1.29 is 9.72 Å². The number of carbonyl (C=O) groups excluding carboxylic acids is 1. The number of H-pyrrole nitrogens is 1. The lowest BCUT2D eigenvalue weighted by atomic mass is 10.2. The molecule has 1 N–H and O–H groups in total. The maximum atomic E-state index is 10.6. The lowest BCUT2D eigenvalue weighted by molar-refractivity contribution is -0.383. The van der Waals surface area contributed by atoms with Crippen LogP contribution in [0.25, 0.3) is 10.9 Å². The number of nitrogens with zero attached hydrogens (tertiary/aromatic N) is 1. The van der Waals surface area contributed by atoms with Crippen LogP contribution in [0.4, 0.5) is 5.69 Å². The Balaban J connectivity index is 2.82. The van der Waals surface area contributed by atoms with Gasteiger partial charge >= 0.3 is 0 Å².